The summed E-state index contributed by atoms with van der Waals surface area (Å²) in [5.41, 5.74) is 0.936. The van der Waals surface area contributed by atoms with E-state index in [9.17, 15) is 9.90 Å². The average Bonchev–Trinajstić information content (AvgIpc) is 2.76. The molecule has 1 amide bonds. The van der Waals surface area contributed by atoms with Crippen molar-refractivity contribution in [2.24, 2.45) is 7.05 Å². The van der Waals surface area contributed by atoms with E-state index in [4.69, 9.17) is 0 Å². The lowest BCUT2D eigenvalue weighted by Crippen LogP contribution is -2.32. The van der Waals surface area contributed by atoms with Crippen LogP contribution in [0.25, 0.3) is 0 Å². The Morgan fingerprint density at radius 2 is 2.00 bits per heavy atom. The first-order chi connectivity index (χ1) is 8.59. The third-order valence-corrected chi connectivity index (χ3v) is 2.82. The van der Waals surface area contributed by atoms with E-state index in [2.05, 4.69) is 5.10 Å². The molecule has 5 heteroatoms. The first-order valence-corrected chi connectivity index (χ1v) is 5.66. The van der Waals surface area contributed by atoms with E-state index in [0.717, 1.165) is 5.56 Å². The monoisotopic (exact) mass is 245 g/mol. The molecule has 1 atom stereocenters. The van der Waals surface area contributed by atoms with Crippen LogP contribution in [0.2, 0.25) is 0 Å². The molecule has 1 aromatic carbocycles. The Kier molecular flexibility index (Phi) is 3.32. The van der Waals surface area contributed by atoms with Crippen LogP contribution in [0.1, 0.15) is 18.5 Å². The van der Waals surface area contributed by atoms with Gasteiger partial charge in [-0.3, -0.25) is 9.58 Å². The minimum atomic E-state index is -1.01. The number of nitrogens with zero attached hydrogens (tertiary/aromatic N) is 3. The Balaban J connectivity index is 2.34. The molecule has 1 N–H and O–H groups in total. The summed E-state index contributed by atoms with van der Waals surface area (Å²) in [7, 11) is 1.76. The van der Waals surface area contributed by atoms with Crippen LogP contribution in [0.4, 0.5) is 10.6 Å². The molecule has 0 saturated carbocycles. The van der Waals surface area contributed by atoms with Crippen molar-refractivity contribution in [2.45, 2.75) is 13.0 Å². The first kappa shape index (κ1) is 12.2. The average molecular weight is 245 g/mol. The first-order valence-electron chi connectivity index (χ1n) is 5.66. The van der Waals surface area contributed by atoms with Gasteiger partial charge in [0.25, 0.3) is 0 Å². The van der Waals surface area contributed by atoms with E-state index in [1.807, 2.05) is 37.3 Å². The summed E-state index contributed by atoms with van der Waals surface area (Å²) >= 11 is 0. The van der Waals surface area contributed by atoms with Crippen molar-refractivity contribution in [3.8, 4) is 0 Å². The maximum absolute atomic E-state index is 11.4. The Morgan fingerprint density at radius 3 is 2.50 bits per heavy atom. The number of hydrogen-bond donors (Lipinski definition) is 1. The van der Waals surface area contributed by atoms with E-state index in [0.29, 0.717) is 5.82 Å². The Labute approximate surface area is 105 Å². The van der Waals surface area contributed by atoms with Gasteiger partial charge in [0.15, 0.2) is 5.82 Å². The lowest BCUT2D eigenvalue weighted by molar-refractivity contribution is 0.199. The van der Waals surface area contributed by atoms with Gasteiger partial charge in [-0.1, -0.05) is 30.3 Å². The van der Waals surface area contributed by atoms with Crippen molar-refractivity contribution in [3.63, 3.8) is 0 Å². The quantitative estimate of drug-likeness (QED) is 0.904. The zero-order valence-corrected chi connectivity index (χ0v) is 10.3. The summed E-state index contributed by atoms with van der Waals surface area (Å²) in [5.74, 6) is 0.432. The molecule has 2 rings (SSSR count). The fourth-order valence-electron chi connectivity index (χ4n) is 1.87. The molecular weight excluding hydrogens is 230 g/mol. The van der Waals surface area contributed by atoms with Crippen LogP contribution >= 0.6 is 0 Å². The molecule has 0 bridgehead atoms. The maximum atomic E-state index is 11.4. The molecule has 0 radical (unpaired) electrons. The zero-order chi connectivity index (χ0) is 13.1. The highest BCUT2D eigenvalue weighted by atomic mass is 16.4. The van der Waals surface area contributed by atoms with E-state index in [-0.39, 0.29) is 6.04 Å². The van der Waals surface area contributed by atoms with Crippen molar-refractivity contribution < 1.29 is 9.90 Å². The molecule has 5 nitrogen and oxygen atoms in total. The molecule has 0 aliphatic rings. The Morgan fingerprint density at radius 1 is 1.33 bits per heavy atom. The van der Waals surface area contributed by atoms with Gasteiger partial charge in [0.05, 0.1) is 6.04 Å². The molecule has 0 saturated heterocycles. The van der Waals surface area contributed by atoms with Crippen LogP contribution in [0.3, 0.4) is 0 Å². The van der Waals surface area contributed by atoms with E-state index < -0.39 is 6.09 Å². The standard InChI is InChI=1S/C13H15N3O2/c1-10(11-6-4-3-5-7-11)16(13(17)18)12-8-9-15(2)14-12/h3-10H,1-2H3,(H,17,18)/t10-/m1/s1. The van der Waals surface area contributed by atoms with Crippen molar-refractivity contribution in [2.75, 3.05) is 4.90 Å². The smallest absolute Gasteiger partial charge is 0.413 e. The maximum Gasteiger partial charge on any atom is 0.413 e. The highest BCUT2D eigenvalue weighted by molar-refractivity contribution is 5.85. The fourth-order valence-corrected chi connectivity index (χ4v) is 1.87. The second kappa shape index (κ2) is 4.91. The summed E-state index contributed by atoms with van der Waals surface area (Å²) in [6.07, 6.45) is 0.716. The van der Waals surface area contributed by atoms with Gasteiger partial charge in [-0.25, -0.2) is 4.79 Å². The third-order valence-electron chi connectivity index (χ3n) is 2.82. The number of carboxylic acid groups (broad SMARTS) is 1. The molecule has 0 fully saturated rings. The van der Waals surface area contributed by atoms with Gasteiger partial charge in [0.2, 0.25) is 0 Å². The normalized spacial score (nSPS) is 12.1. The SMILES string of the molecule is C[C@H](c1ccccc1)N(C(=O)O)c1ccn(C)n1. The molecule has 0 unspecified atom stereocenters. The number of rotatable bonds is 3. The van der Waals surface area contributed by atoms with Crippen LogP contribution in [0, 0.1) is 0 Å². The van der Waals surface area contributed by atoms with Crippen LogP contribution in [-0.2, 0) is 7.05 Å². The Hall–Kier alpha value is -2.30. The fraction of sp³-hybridized carbons (Fsp3) is 0.231. The molecule has 1 heterocycles. The zero-order valence-electron chi connectivity index (χ0n) is 10.3. The van der Waals surface area contributed by atoms with Gasteiger partial charge < -0.3 is 5.11 Å². The predicted octanol–water partition coefficient (Wildman–Crippen LogP) is 2.67. The summed E-state index contributed by atoms with van der Waals surface area (Å²) < 4.78 is 1.59. The Bertz CT molecular complexity index is 536. The number of anilines is 1. The van der Waals surface area contributed by atoms with Gasteiger partial charge in [-0.2, -0.15) is 5.10 Å². The molecule has 18 heavy (non-hydrogen) atoms. The molecule has 2 aromatic rings. The van der Waals surface area contributed by atoms with E-state index in [1.165, 1.54) is 4.90 Å². The number of amides is 1. The second-order valence-corrected chi connectivity index (χ2v) is 4.09. The highest BCUT2D eigenvalue weighted by Crippen LogP contribution is 2.25. The van der Waals surface area contributed by atoms with Gasteiger partial charge in [-0.05, 0) is 12.5 Å². The van der Waals surface area contributed by atoms with Crippen molar-refractivity contribution >= 4 is 11.9 Å². The van der Waals surface area contributed by atoms with Gasteiger partial charge in [-0.15, -0.1) is 0 Å². The van der Waals surface area contributed by atoms with Crippen molar-refractivity contribution in [1.29, 1.82) is 0 Å². The highest BCUT2D eigenvalue weighted by Gasteiger charge is 2.24. The molecule has 1 aromatic heterocycles. The molecular formula is C13H15N3O2. The topological polar surface area (TPSA) is 58.4 Å². The number of hydrogen-bond acceptors (Lipinski definition) is 2. The van der Waals surface area contributed by atoms with Gasteiger partial charge >= 0.3 is 6.09 Å². The van der Waals surface area contributed by atoms with Crippen LogP contribution in [0.15, 0.2) is 42.6 Å². The summed E-state index contributed by atoms with van der Waals surface area (Å²) in [6, 6.07) is 10.9. The third kappa shape index (κ3) is 2.34. The number of aryl methyl sites for hydroxylation is 1. The number of benzene rings is 1. The van der Waals surface area contributed by atoms with Crippen LogP contribution in [0.5, 0.6) is 0 Å². The minimum Gasteiger partial charge on any atom is -0.465 e. The molecule has 94 valence electrons. The second-order valence-electron chi connectivity index (χ2n) is 4.09. The predicted molar refractivity (Wildman–Crippen MR) is 68.6 cm³/mol. The van der Waals surface area contributed by atoms with Crippen molar-refractivity contribution in [1.82, 2.24) is 9.78 Å². The van der Waals surface area contributed by atoms with Crippen LogP contribution in [-0.4, -0.2) is 21.0 Å². The summed E-state index contributed by atoms with van der Waals surface area (Å²) in [5, 5.41) is 13.5. The largest absolute Gasteiger partial charge is 0.465 e. The molecule has 0 aliphatic carbocycles. The number of aromatic nitrogens is 2. The lowest BCUT2D eigenvalue weighted by Gasteiger charge is -2.24. The number of carbonyl (C=O) groups is 1. The minimum absolute atomic E-state index is 0.279. The summed E-state index contributed by atoms with van der Waals surface area (Å²) in [6.45, 7) is 1.85. The van der Waals surface area contributed by atoms with Crippen LogP contribution < -0.4 is 4.90 Å². The van der Waals surface area contributed by atoms with Crippen molar-refractivity contribution in [3.05, 3.63) is 48.2 Å². The van der Waals surface area contributed by atoms with Gasteiger partial charge in [0, 0.05) is 19.3 Å². The lowest BCUT2D eigenvalue weighted by atomic mass is 10.1. The van der Waals surface area contributed by atoms with Gasteiger partial charge in [0.1, 0.15) is 0 Å². The molecule has 0 spiro atoms. The summed E-state index contributed by atoms with van der Waals surface area (Å²) in [4.78, 5) is 12.7. The van der Waals surface area contributed by atoms with E-state index in [1.54, 1.807) is 24.0 Å². The van der Waals surface area contributed by atoms with E-state index >= 15 is 0 Å². The molecule has 0 aliphatic heterocycles.